The number of hydrogen-bond donors (Lipinski definition) is 1. The van der Waals surface area contributed by atoms with Crippen LogP contribution in [0.4, 0.5) is 0 Å². The lowest BCUT2D eigenvalue weighted by Crippen LogP contribution is -2.22. The summed E-state index contributed by atoms with van der Waals surface area (Å²) in [6.45, 7) is 11.9. The van der Waals surface area contributed by atoms with Crippen LogP contribution in [-0.2, 0) is 26.7 Å². The molecule has 2 aliphatic rings. The fraction of sp³-hybridized carbons (Fsp3) is 0.464. The van der Waals surface area contributed by atoms with Gasteiger partial charge < -0.3 is 28.6 Å². The summed E-state index contributed by atoms with van der Waals surface area (Å²) in [6, 6.07) is 6.77. The Morgan fingerprint density at radius 2 is 1.95 bits per heavy atom. The molecule has 1 fully saturated rings. The molecule has 1 aromatic carbocycles. The molecule has 1 aliphatic heterocycles. The standard InChI is InChI=1S/C28H35N3O6Si/c1-18-23(27(32)33)25-26(31(18)17-34-12-13-38(3,4)5)24(29-16-30-25)21-14-20(28(2)36-10-11-37-28)8-9-22(21)35-15-19-6-7-19/h8-11,14,16,19H,6-7,12-13,15,17H2,1-5H3,(H,32,33). The van der Waals surface area contributed by atoms with E-state index in [2.05, 4.69) is 29.6 Å². The molecule has 5 rings (SSSR count). The zero-order chi connectivity index (χ0) is 27.1. The topological polar surface area (TPSA) is 105 Å². The lowest BCUT2D eigenvalue weighted by molar-refractivity contribution is -0.133. The minimum Gasteiger partial charge on any atom is -0.493 e. The van der Waals surface area contributed by atoms with E-state index in [9.17, 15) is 9.90 Å². The van der Waals surface area contributed by atoms with Crippen molar-refractivity contribution in [2.75, 3.05) is 13.2 Å². The Morgan fingerprint density at radius 1 is 1.21 bits per heavy atom. The smallest absolute Gasteiger partial charge is 0.339 e. The molecule has 1 N–H and O–H groups in total. The summed E-state index contributed by atoms with van der Waals surface area (Å²) in [5.74, 6) is -0.805. The Bertz CT molecular complexity index is 1380. The van der Waals surface area contributed by atoms with Crippen molar-refractivity contribution in [3.05, 3.63) is 53.9 Å². The Labute approximate surface area is 223 Å². The van der Waals surface area contributed by atoms with Crippen LogP contribution in [0.15, 0.2) is 37.1 Å². The first-order valence-corrected chi connectivity index (χ1v) is 16.7. The summed E-state index contributed by atoms with van der Waals surface area (Å²) in [4.78, 5) is 21.4. The minimum atomic E-state index is -1.28. The van der Waals surface area contributed by atoms with E-state index >= 15 is 0 Å². The number of benzene rings is 1. The second-order valence-electron chi connectivity index (χ2n) is 11.4. The molecular weight excluding hydrogens is 502 g/mol. The molecule has 9 nitrogen and oxygen atoms in total. The Morgan fingerprint density at radius 3 is 2.61 bits per heavy atom. The van der Waals surface area contributed by atoms with Crippen molar-refractivity contribution >= 4 is 25.1 Å². The number of carboxylic acid groups (broad SMARTS) is 1. The van der Waals surface area contributed by atoms with Gasteiger partial charge in [0.05, 0.1) is 12.1 Å². The van der Waals surface area contributed by atoms with Crippen LogP contribution in [0.3, 0.4) is 0 Å². The van der Waals surface area contributed by atoms with Gasteiger partial charge in [0.15, 0.2) is 0 Å². The van der Waals surface area contributed by atoms with Gasteiger partial charge in [-0.05, 0) is 49.9 Å². The molecule has 202 valence electrons. The number of ether oxygens (including phenoxy) is 4. The number of aromatic nitrogens is 3. The van der Waals surface area contributed by atoms with Crippen molar-refractivity contribution in [3.8, 4) is 17.0 Å². The van der Waals surface area contributed by atoms with E-state index in [1.54, 1.807) is 6.92 Å². The summed E-state index contributed by atoms with van der Waals surface area (Å²) in [7, 11) is -1.28. The molecule has 0 atom stereocenters. The number of aromatic carboxylic acids is 1. The third-order valence-electron chi connectivity index (χ3n) is 7.10. The van der Waals surface area contributed by atoms with Crippen LogP contribution >= 0.6 is 0 Å². The maximum Gasteiger partial charge on any atom is 0.339 e. The molecule has 0 saturated heterocycles. The second-order valence-corrected chi connectivity index (χ2v) is 17.0. The van der Waals surface area contributed by atoms with Crippen molar-refractivity contribution in [3.63, 3.8) is 0 Å². The van der Waals surface area contributed by atoms with Crippen molar-refractivity contribution in [2.24, 2.45) is 5.92 Å². The van der Waals surface area contributed by atoms with Crippen LogP contribution in [0.25, 0.3) is 22.3 Å². The molecule has 0 radical (unpaired) electrons. The molecular formula is C28H35N3O6Si. The van der Waals surface area contributed by atoms with E-state index in [1.165, 1.54) is 18.9 Å². The molecule has 0 unspecified atom stereocenters. The average molecular weight is 538 g/mol. The van der Waals surface area contributed by atoms with Crippen LogP contribution in [0.1, 0.15) is 41.4 Å². The fourth-order valence-corrected chi connectivity index (χ4v) is 5.29. The molecule has 38 heavy (non-hydrogen) atoms. The van der Waals surface area contributed by atoms with Gasteiger partial charge in [0.2, 0.25) is 0 Å². The quantitative estimate of drug-likeness (QED) is 0.238. The molecule has 2 aromatic heterocycles. The first kappa shape index (κ1) is 26.2. The summed E-state index contributed by atoms with van der Waals surface area (Å²) >= 11 is 0. The third kappa shape index (κ3) is 5.28. The summed E-state index contributed by atoms with van der Waals surface area (Å²) in [6.07, 6.45) is 6.77. The molecule has 0 bridgehead atoms. The van der Waals surface area contributed by atoms with Gasteiger partial charge in [-0.1, -0.05) is 19.6 Å². The number of carbonyl (C=O) groups is 1. The van der Waals surface area contributed by atoms with E-state index in [0.29, 0.717) is 52.9 Å². The van der Waals surface area contributed by atoms with Gasteiger partial charge in [-0.15, -0.1) is 0 Å². The lowest BCUT2D eigenvalue weighted by Gasteiger charge is -2.24. The van der Waals surface area contributed by atoms with E-state index in [0.717, 1.165) is 24.4 Å². The van der Waals surface area contributed by atoms with Crippen LogP contribution in [0.5, 0.6) is 5.75 Å². The average Bonchev–Trinajstić information content (AvgIpc) is 3.51. The number of carboxylic acids is 1. The van der Waals surface area contributed by atoms with Crippen molar-refractivity contribution in [1.29, 1.82) is 0 Å². The fourth-order valence-electron chi connectivity index (χ4n) is 4.53. The van der Waals surface area contributed by atoms with Crippen LogP contribution in [0, 0.1) is 12.8 Å². The molecule has 3 heterocycles. The molecule has 0 amide bonds. The van der Waals surface area contributed by atoms with Crippen molar-refractivity contribution in [2.45, 2.75) is 64.9 Å². The number of fused-ring (bicyclic) bond motifs is 1. The highest BCUT2D eigenvalue weighted by Gasteiger charge is 2.34. The highest BCUT2D eigenvalue weighted by atomic mass is 28.3. The molecule has 1 saturated carbocycles. The van der Waals surface area contributed by atoms with Crippen LogP contribution in [-0.4, -0.2) is 46.9 Å². The Kier molecular flexibility index (Phi) is 6.95. The van der Waals surface area contributed by atoms with Gasteiger partial charge in [0, 0.05) is 38.4 Å². The van der Waals surface area contributed by atoms with Gasteiger partial charge in [-0.2, -0.15) is 0 Å². The minimum absolute atomic E-state index is 0.146. The zero-order valence-corrected chi connectivity index (χ0v) is 23.6. The van der Waals surface area contributed by atoms with Gasteiger partial charge in [0.1, 0.15) is 48.1 Å². The van der Waals surface area contributed by atoms with E-state index < -0.39 is 19.8 Å². The maximum absolute atomic E-state index is 12.3. The van der Waals surface area contributed by atoms with Gasteiger partial charge in [-0.3, -0.25) is 0 Å². The third-order valence-corrected chi connectivity index (χ3v) is 8.80. The van der Waals surface area contributed by atoms with Crippen LogP contribution < -0.4 is 4.74 Å². The highest BCUT2D eigenvalue weighted by molar-refractivity contribution is 6.76. The predicted octanol–water partition coefficient (Wildman–Crippen LogP) is 5.90. The molecule has 3 aromatic rings. The van der Waals surface area contributed by atoms with E-state index in [4.69, 9.17) is 18.9 Å². The number of hydrogen-bond acceptors (Lipinski definition) is 7. The summed E-state index contributed by atoms with van der Waals surface area (Å²) in [5.41, 5.74) is 3.75. The first-order chi connectivity index (χ1) is 18.1. The second kappa shape index (κ2) is 10.1. The predicted molar refractivity (Wildman–Crippen MR) is 146 cm³/mol. The van der Waals surface area contributed by atoms with Crippen molar-refractivity contribution in [1.82, 2.24) is 14.5 Å². The van der Waals surface area contributed by atoms with E-state index in [-0.39, 0.29) is 12.3 Å². The SMILES string of the molecule is Cc1c(C(=O)O)c2ncnc(-c3cc(C4(C)OC=CO4)ccc3OCC3CC3)c2n1COCC[Si](C)(C)C. The molecule has 0 spiro atoms. The van der Waals surface area contributed by atoms with E-state index in [1.807, 2.05) is 29.7 Å². The Balaban J connectivity index is 1.63. The lowest BCUT2D eigenvalue weighted by atomic mass is 10.0. The maximum atomic E-state index is 12.3. The summed E-state index contributed by atoms with van der Waals surface area (Å²) in [5, 5.41) is 10.1. The monoisotopic (exact) mass is 537 g/mol. The molecule has 1 aliphatic carbocycles. The van der Waals surface area contributed by atoms with Crippen LogP contribution in [0.2, 0.25) is 25.7 Å². The first-order valence-electron chi connectivity index (χ1n) is 13.0. The summed E-state index contributed by atoms with van der Waals surface area (Å²) < 4.78 is 25.7. The molecule has 10 heteroatoms. The van der Waals surface area contributed by atoms with Gasteiger partial charge >= 0.3 is 5.97 Å². The number of nitrogens with zero attached hydrogens (tertiary/aromatic N) is 3. The van der Waals surface area contributed by atoms with Gasteiger partial charge in [0.25, 0.3) is 5.79 Å². The normalized spacial score (nSPS) is 16.4. The van der Waals surface area contributed by atoms with Gasteiger partial charge in [-0.25, -0.2) is 14.8 Å². The largest absolute Gasteiger partial charge is 0.493 e. The Hall–Kier alpha value is -3.37. The highest BCUT2D eigenvalue weighted by Crippen LogP contribution is 2.41. The zero-order valence-electron chi connectivity index (χ0n) is 22.6. The van der Waals surface area contributed by atoms with Crippen molar-refractivity contribution < 1.29 is 28.8 Å². The number of rotatable bonds is 11.